The number of amides is 1. The lowest BCUT2D eigenvalue weighted by Gasteiger charge is -2.18. The van der Waals surface area contributed by atoms with E-state index >= 15 is 0 Å². The standard InChI is InChI=1S/C58H106NO10P/c1-3-5-7-9-11-13-15-17-19-21-23-25-27-29-31-33-35-37-39-41-43-45-47-49-56(61)59-55(58(63)64)53-69-70(65,66)68-52-54(60)51-67-57(62)50-48-46-44-42-40-38-36-34-32-30-28-26-24-22-20-18-16-14-12-10-8-6-4-2/h11,13,17,19,23,25,29,31,54-55,60H,3-10,12,14-16,18,20-22,24,26-28,30,32-53H2,1-2H3,(H,59,61)(H,63,64)(H,65,66)/b13-11-,19-17-,25-23-,31-29-. The van der Waals surface area contributed by atoms with Crippen LogP contribution in [0.2, 0.25) is 0 Å². The summed E-state index contributed by atoms with van der Waals surface area (Å²) in [4.78, 5) is 46.3. The maximum Gasteiger partial charge on any atom is 0.472 e. The number of ether oxygens (including phenoxy) is 1. The lowest BCUT2D eigenvalue weighted by atomic mass is 10.0. The molecular formula is C58H106NO10P. The Hall–Kier alpha value is -2.56. The van der Waals surface area contributed by atoms with Crippen molar-refractivity contribution in [3.8, 4) is 0 Å². The van der Waals surface area contributed by atoms with Gasteiger partial charge in [-0.3, -0.25) is 18.6 Å². The Kier molecular flexibility index (Phi) is 50.8. The van der Waals surface area contributed by atoms with E-state index < -0.39 is 57.6 Å². The minimum absolute atomic E-state index is 0.133. The van der Waals surface area contributed by atoms with Crippen molar-refractivity contribution in [2.45, 2.75) is 283 Å². The zero-order valence-corrected chi connectivity index (χ0v) is 45.7. The predicted octanol–water partition coefficient (Wildman–Crippen LogP) is 16.5. The summed E-state index contributed by atoms with van der Waals surface area (Å²) in [6.45, 7) is 2.61. The molecule has 0 fully saturated rings. The van der Waals surface area contributed by atoms with Crippen molar-refractivity contribution in [1.29, 1.82) is 0 Å². The molecule has 11 nitrogen and oxygen atoms in total. The molecule has 0 radical (unpaired) electrons. The molecule has 408 valence electrons. The molecule has 70 heavy (non-hydrogen) atoms. The minimum atomic E-state index is -4.77. The van der Waals surface area contributed by atoms with Crippen molar-refractivity contribution < 1.29 is 47.8 Å². The molecule has 3 atom stereocenters. The van der Waals surface area contributed by atoms with Crippen LogP contribution in [-0.4, -0.2) is 64.9 Å². The topological polar surface area (TPSA) is 169 Å². The number of phosphoric acid groups is 1. The summed E-state index contributed by atoms with van der Waals surface area (Å²) in [5, 5.41) is 22.0. The van der Waals surface area contributed by atoms with Gasteiger partial charge in [-0.1, -0.05) is 249 Å². The third-order valence-electron chi connectivity index (χ3n) is 12.6. The lowest BCUT2D eigenvalue weighted by molar-refractivity contribution is -0.147. The maximum absolute atomic E-state index is 12.4. The summed E-state index contributed by atoms with van der Waals surface area (Å²) in [7, 11) is -4.77. The molecule has 3 unspecified atom stereocenters. The molecule has 0 aliphatic carbocycles. The molecule has 0 aromatic heterocycles. The fourth-order valence-electron chi connectivity index (χ4n) is 8.18. The Labute approximate surface area is 428 Å². The zero-order valence-electron chi connectivity index (χ0n) is 44.8. The lowest BCUT2D eigenvalue weighted by Crippen LogP contribution is -2.43. The normalized spacial score (nSPS) is 13.8. The van der Waals surface area contributed by atoms with Crippen molar-refractivity contribution in [3.05, 3.63) is 48.6 Å². The van der Waals surface area contributed by atoms with Gasteiger partial charge < -0.3 is 25.2 Å². The molecule has 4 N–H and O–H groups in total. The van der Waals surface area contributed by atoms with Crippen molar-refractivity contribution >= 4 is 25.7 Å². The van der Waals surface area contributed by atoms with E-state index in [0.717, 1.165) is 83.5 Å². The second kappa shape index (κ2) is 52.8. The van der Waals surface area contributed by atoms with Crippen LogP contribution >= 0.6 is 7.82 Å². The number of aliphatic hydroxyl groups is 1. The molecule has 0 bridgehead atoms. The van der Waals surface area contributed by atoms with Crippen LogP contribution in [0.4, 0.5) is 0 Å². The first-order chi connectivity index (χ1) is 34.1. The first-order valence-electron chi connectivity index (χ1n) is 28.7. The Morgan fingerprint density at radius 1 is 0.457 bits per heavy atom. The number of allylic oxidation sites excluding steroid dienone is 8. The van der Waals surface area contributed by atoms with Crippen LogP contribution in [0.3, 0.4) is 0 Å². The van der Waals surface area contributed by atoms with E-state index in [2.05, 4.69) is 67.8 Å². The van der Waals surface area contributed by atoms with Crippen molar-refractivity contribution in [2.75, 3.05) is 19.8 Å². The van der Waals surface area contributed by atoms with E-state index in [4.69, 9.17) is 13.8 Å². The van der Waals surface area contributed by atoms with Gasteiger partial charge in [-0.05, 0) is 57.8 Å². The number of carboxylic acids is 1. The summed E-state index contributed by atoms with van der Waals surface area (Å²) in [5.41, 5.74) is 0. The number of nitrogens with one attached hydrogen (secondary N) is 1. The Balaban J connectivity index is 3.79. The number of rotatable bonds is 54. The van der Waals surface area contributed by atoms with Crippen LogP contribution in [0.1, 0.15) is 271 Å². The van der Waals surface area contributed by atoms with E-state index in [9.17, 15) is 34.1 Å². The third-order valence-corrected chi connectivity index (χ3v) is 13.6. The molecule has 0 aliphatic rings. The van der Waals surface area contributed by atoms with Gasteiger partial charge in [-0.25, -0.2) is 9.36 Å². The van der Waals surface area contributed by atoms with Gasteiger partial charge in [0.15, 0.2) is 6.04 Å². The number of aliphatic hydroxyl groups excluding tert-OH is 1. The van der Waals surface area contributed by atoms with Gasteiger partial charge in [-0.2, -0.15) is 0 Å². The Morgan fingerprint density at radius 2 is 0.786 bits per heavy atom. The van der Waals surface area contributed by atoms with Crippen LogP contribution in [0.15, 0.2) is 48.6 Å². The molecular weight excluding hydrogens is 902 g/mol. The van der Waals surface area contributed by atoms with Crippen molar-refractivity contribution in [1.82, 2.24) is 5.32 Å². The number of carbonyl (C=O) groups is 3. The number of hydrogen-bond donors (Lipinski definition) is 4. The highest BCUT2D eigenvalue weighted by Crippen LogP contribution is 2.43. The quantitative estimate of drug-likeness (QED) is 0.0199. The Bertz CT molecular complexity index is 1370. The van der Waals surface area contributed by atoms with Crippen LogP contribution in [0.5, 0.6) is 0 Å². The monoisotopic (exact) mass is 1010 g/mol. The molecule has 0 aromatic rings. The predicted molar refractivity (Wildman–Crippen MR) is 291 cm³/mol. The van der Waals surface area contributed by atoms with Crippen LogP contribution < -0.4 is 5.32 Å². The number of hydrogen-bond acceptors (Lipinski definition) is 8. The van der Waals surface area contributed by atoms with Gasteiger partial charge in [-0.15, -0.1) is 0 Å². The zero-order chi connectivity index (χ0) is 51.3. The summed E-state index contributed by atoms with van der Waals surface area (Å²) < 4.78 is 27.0. The average molecular weight is 1010 g/mol. The van der Waals surface area contributed by atoms with Crippen LogP contribution in [0, 0.1) is 0 Å². The first-order valence-corrected chi connectivity index (χ1v) is 30.2. The van der Waals surface area contributed by atoms with Gasteiger partial charge in [0.2, 0.25) is 5.91 Å². The fraction of sp³-hybridized carbons (Fsp3) is 0.810. The molecule has 0 aromatic carbocycles. The number of esters is 1. The number of aliphatic carboxylic acids is 1. The SMILES string of the molecule is CCCCC/C=C\C/C=C\C/C=C\C/C=C\CCCCCCCCCC(=O)NC(COP(=O)(O)OCC(O)COC(=O)CCCCCCCCCCCCCCCCCCCCCCCCC)C(=O)O. The molecule has 12 heteroatoms. The van der Waals surface area contributed by atoms with Crippen LogP contribution in [-0.2, 0) is 32.7 Å². The molecule has 0 spiro atoms. The molecule has 0 aliphatic heterocycles. The minimum Gasteiger partial charge on any atom is -0.480 e. The molecule has 0 saturated carbocycles. The summed E-state index contributed by atoms with van der Waals surface area (Å²) in [6, 6.07) is -1.55. The van der Waals surface area contributed by atoms with E-state index in [-0.39, 0.29) is 12.8 Å². The van der Waals surface area contributed by atoms with Gasteiger partial charge >= 0.3 is 19.8 Å². The van der Waals surface area contributed by atoms with Gasteiger partial charge in [0.1, 0.15) is 12.7 Å². The highest BCUT2D eigenvalue weighted by atomic mass is 31.2. The van der Waals surface area contributed by atoms with Crippen molar-refractivity contribution in [2.24, 2.45) is 0 Å². The van der Waals surface area contributed by atoms with E-state index in [1.165, 1.54) is 148 Å². The first kappa shape index (κ1) is 67.4. The van der Waals surface area contributed by atoms with Gasteiger partial charge in [0.25, 0.3) is 0 Å². The Morgan fingerprint density at radius 3 is 1.20 bits per heavy atom. The van der Waals surface area contributed by atoms with E-state index in [0.29, 0.717) is 12.8 Å². The number of carboxylic acid groups (broad SMARTS) is 1. The maximum atomic E-state index is 12.4. The average Bonchev–Trinajstić information content (AvgIpc) is 3.34. The van der Waals surface area contributed by atoms with E-state index in [1.54, 1.807) is 0 Å². The second-order valence-corrected chi connectivity index (χ2v) is 20.9. The molecule has 1 amide bonds. The summed E-state index contributed by atoms with van der Waals surface area (Å²) in [6.07, 6.45) is 62.8. The highest BCUT2D eigenvalue weighted by molar-refractivity contribution is 7.47. The number of phosphoric ester groups is 1. The van der Waals surface area contributed by atoms with Crippen molar-refractivity contribution in [3.63, 3.8) is 0 Å². The molecule has 0 saturated heterocycles. The highest BCUT2D eigenvalue weighted by Gasteiger charge is 2.28. The third kappa shape index (κ3) is 51.8. The van der Waals surface area contributed by atoms with Crippen LogP contribution in [0.25, 0.3) is 0 Å². The second-order valence-electron chi connectivity index (χ2n) is 19.5. The summed E-state index contributed by atoms with van der Waals surface area (Å²) in [5.74, 6) is -2.38. The fourth-order valence-corrected chi connectivity index (χ4v) is 8.96. The summed E-state index contributed by atoms with van der Waals surface area (Å²) >= 11 is 0. The van der Waals surface area contributed by atoms with E-state index in [1.807, 2.05) is 0 Å². The molecule has 0 heterocycles. The van der Waals surface area contributed by atoms with Gasteiger partial charge in [0.05, 0.1) is 13.2 Å². The number of unbranched alkanes of at least 4 members (excludes halogenated alkanes) is 32. The smallest absolute Gasteiger partial charge is 0.472 e. The largest absolute Gasteiger partial charge is 0.480 e. The number of carbonyl (C=O) groups excluding carboxylic acids is 2. The molecule has 0 rings (SSSR count). The van der Waals surface area contributed by atoms with Gasteiger partial charge in [0, 0.05) is 12.8 Å².